The van der Waals surface area contributed by atoms with Crippen LogP contribution < -0.4 is 27.0 Å². The minimum absolute atomic E-state index is 0.0506. The molecule has 3 aromatic rings. The number of ether oxygens (including phenoxy) is 2. The first kappa shape index (κ1) is 30.0. The van der Waals surface area contributed by atoms with Crippen LogP contribution in [0.2, 0.25) is 5.02 Å². The third-order valence-corrected chi connectivity index (χ3v) is 5.42. The summed E-state index contributed by atoms with van der Waals surface area (Å²) in [7, 11) is 0. The number of nitrogens with zero attached hydrogens (tertiary/aromatic N) is 3. The molecule has 7 N–H and O–H groups in total. The number of aliphatic hydroxyl groups is 1. The zero-order valence-corrected chi connectivity index (χ0v) is 22.4. The Morgan fingerprint density at radius 3 is 2.36 bits per heavy atom. The number of halogens is 1. The largest absolute Gasteiger partial charge is 0.396 e. The van der Waals surface area contributed by atoms with E-state index < -0.39 is 0 Å². The Morgan fingerprint density at radius 2 is 1.62 bits per heavy atom. The van der Waals surface area contributed by atoms with E-state index in [1.165, 1.54) is 0 Å². The number of nitrogens with two attached hydrogens (primary N) is 1. The average Bonchev–Trinajstić information content (AvgIpc) is 2.94. The molecule has 0 saturated heterocycles. The van der Waals surface area contributed by atoms with Crippen LogP contribution in [0.15, 0.2) is 48.5 Å². The van der Waals surface area contributed by atoms with Gasteiger partial charge in [0, 0.05) is 49.1 Å². The fraction of sp³-hybridized carbons (Fsp3) is 0.385. The van der Waals surface area contributed by atoms with Gasteiger partial charge < -0.3 is 41.6 Å². The van der Waals surface area contributed by atoms with E-state index in [0.29, 0.717) is 87.2 Å². The quantitative estimate of drug-likeness (QED) is 0.127. The van der Waals surface area contributed by atoms with Gasteiger partial charge in [0.2, 0.25) is 17.8 Å². The molecular weight excluding hydrogens is 524 g/mol. The third-order valence-electron chi connectivity index (χ3n) is 5.16. The van der Waals surface area contributed by atoms with Gasteiger partial charge in [-0.1, -0.05) is 29.8 Å². The predicted molar refractivity (Wildman–Crippen MR) is 152 cm³/mol. The SMILES string of the molecule is NCCOCCOCCNC(=O)c1cccc(Nc2nc(NCCCO)nc(NCc3ccc(Cl)cc3)n2)c1. The van der Waals surface area contributed by atoms with Crippen LogP contribution in [0.3, 0.4) is 0 Å². The van der Waals surface area contributed by atoms with Crippen molar-refractivity contribution in [1.29, 1.82) is 0 Å². The fourth-order valence-corrected chi connectivity index (χ4v) is 3.39. The third kappa shape index (κ3) is 11.4. The summed E-state index contributed by atoms with van der Waals surface area (Å²) < 4.78 is 10.7. The maximum absolute atomic E-state index is 12.6. The molecule has 39 heavy (non-hydrogen) atoms. The van der Waals surface area contributed by atoms with E-state index >= 15 is 0 Å². The van der Waals surface area contributed by atoms with Gasteiger partial charge in [-0.3, -0.25) is 4.79 Å². The Kier molecular flexibility index (Phi) is 13.2. The summed E-state index contributed by atoms with van der Waals surface area (Å²) in [6.45, 7) is 3.65. The zero-order valence-electron chi connectivity index (χ0n) is 21.7. The van der Waals surface area contributed by atoms with Crippen molar-refractivity contribution in [1.82, 2.24) is 20.3 Å². The molecule has 0 radical (unpaired) electrons. The van der Waals surface area contributed by atoms with Crippen molar-refractivity contribution in [2.45, 2.75) is 13.0 Å². The molecule has 0 fully saturated rings. The van der Waals surface area contributed by atoms with Gasteiger partial charge in [0.1, 0.15) is 0 Å². The van der Waals surface area contributed by atoms with Crippen molar-refractivity contribution >= 4 is 41.0 Å². The molecule has 1 aromatic heterocycles. The highest BCUT2D eigenvalue weighted by molar-refractivity contribution is 6.30. The number of carbonyl (C=O) groups is 1. The van der Waals surface area contributed by atoms with Crippen LogP contribution in [0.5, 0.6) is 0 Å². The maximum atomic E-state index is 12.6. The average molecular weight is 559 g/mol. The molecule has 12 nitrogen and oxygen atoms in total. The second-order valence-electron chi connectivity index (χ2n) is 8.27. The Hall–Kier alpha value is -3.55. The molecule has 2 aromatic carbocycles. The van der Waals surface area contributed by atoms with E-state index in [9.17, 15) is 4.79 Å². The summed E-state index contributed by atoms with van der Waals surface area (Å²) in [6.07, 6.45) is 0.548. The number of aromatic nitrogens is 3. The molecule has 13 heteroatoms. The molecule has 210 valence electrons. The number of hydrogen-bond donors (Lipinski definition) is 6. The van der Waals surface area contributed by atoms with Crippen LogP contribution in [0.1, 0.15) is 22.3 Å². The second kappa shape index (κ2) is 17.1. The van der Waals surface area contributed by atoms with Crippen LogP contribution in [-0.2, 0) is 16.0 Å². The topological polar surface area (TPSA) is 169 Å². The molecule has 3 rings (SSSR count). The summed E-state index contributed by atoms with van der Waals surface area (Å²) >= 11 is 5.97. The lowest BCUT2D eigenvalue weighted by molar-refractivity contribution is 0.0511. The number of amides is 1. The lowest BCUT2D eigenvalue weighted by atomic mass is 10.2. The van der Waals surface area contributed by atoms with Crippen molar-refractivity contribution in [3.05, 3.63) is 64.7 Å². The van der Waals surface area contributed by atoms with Crippen LogP contribution in [0, 0.1) is 0 Å². The first-order valence-corrected chi connectivity index (χ1v) is 13.0. The summed E-state index contributed by atoms with van der Waals surface area (Å²) in [5.41, 5.74) is 7.47. The minimum atomic E-state index is -0.228. The number of anilines is 4. The molecule has 0 saturated carbocycles. The van der Waals surface area contributed by atoms with Crippen LogP contribution in [-0.4, -0.2) is 78.6 Å². The van der Waals surface area contributed by atoms with Gasteiger partial charge in [0.05, 0.1) is 26.4 Å². The summed E-state index contributed by atoms with van der Waals surface area (Å²) in [5.74, 6) is 0.769. The molecule has 0 aliphatic rings. The molecule has 0 unspecified atom stereocenters. The minimum Gasteiger partial charge on any atom is -0.396 e. The van der Waals surface area contributed by atoms with Gasteiger partial charge in [0.25, 0.3) is 5.91 Å². The van der Waals surface area contributed by atoms with Gasteiger partial charge in [-0.2, -0.15) is 15.0 Å². The normalized spacial score (nSPS) is 10.7. The molecular formula is C26H35ClN8O4. The molecule has 0 atom stereocenters. The molecule has 0 spiro atoms. The highest BCUT2D eigenvalue weighted by Gasteiger charge is 2.10. The lowest BCUT2D eigenvalue weighted by Gasteiger charge is -2.12. The Labute approximate surface area is 232 Å². The van der Waals surface area contributed by atoms with Gasteiger partial charge in [-0.25, -0.2) is 0 Å². The van der Waals surface area contributed by atoms with E-state index in [4.69, 9.17) is 31.9 Å². The predicted octanol–water partition coefficient (Wildman–Crippen LogP) is 2.40. The van der Waals surface area contributed by atoms with E-state index in [-0.39, 0.29) is 18.5 Å². The molecule has 0 aliphatic heterocycles. The molecule has 0 bridgehead atoms. The van der Waals surface area contributed by atoms with Gasteiger partial charge in [-0.05, 0) is 42.3 Å². The van der Waals surface area contributed by atoms with Crippen molar-refractivity contribution < 1.29 is 19.4 Å². The highest BCUT2D eigenvalue weighted by atomic mass is 35.5. The first-order valence-electron chi connectivity index (χ1n) is 12.7. The lowest BCUT2D eigenvalue weighted by Crippen LogP contribution is -2.27. The van der Waals surface area contributed by atoms with Gasteiger partial charge in [0.15, 0.2) is 0 Å². The van der Waals surface area contributed by atoms with E-state index in [1.54, 1.807) is 18.2 Å². The standard InChI is InChI=1S/C26H35ClN8O4/c27-21-7-5-19(6-8-21)18-31-25-33-24(30-10-2-12-36)34-26(35-25)32-22-4-1-3-20(17-22)23(37)29-11-14-39-16-15-38-13-9-28/h1,3-8,17,36H,2,9-16,18,28H2,(H,29,37)(H3,30,31,32,33,34,35). The Bertz CT molecular complexity index is 1150. The number of rotatable bonds is 18. The van der Waals surface area contributed by atoms with Gasteiger partial charge in [-0.15, -0.1) is 0 Å². The van der Waals surface area contributed by atoms with Crippen LogP contribution in [0.25, 0.3) is 0 Å². The monoisotopic (exact) mass is 558 g/mol. The van der Waals surface area contributed by atoms with E-state index in [2.05, 4.69) is 36.2 Å². The van der Waals surface area contributed by atoms with Crippen LogP contribution in [0.4, 0.5) is 23.5 Å². The number of nitrogens with one attached hydrogen (secondary N) is 4. The molecule has 1 amide bonds. The highest BCUT2D eigenvalue weighted by Crippen LogP contribution is 2.18. The summed E-state index contributed by atoms with van der Waals surface area (Å²) in [6, 6.07) is 14.5. The van der Waals surface area contributed by atoms with Gasteiger partial charge >= 0.3 is 0 Å². The Balaban J connectivity index is 1.59. The molecule has 1 heterocycles. The second-order valence-corrected chi connectivity index (χ2v) is 8.70. The van der Waals surface area contributed by atoms with E-state index in [0.717, 1.165) is 5.56 Å². The fourth-order valence-electron chi connectivity index (χ4n) is 3.26. The van der Waals surface area contributed by atoms with Crippen LogP contribution >= 0.6 is 11.6 Å². The number of hydrogen-bond acceptors (Lipinski definition) is 11. The Morgan fingerprint density at radius 1 is 0.897 bits per heavy atom. The van der Waals surface area contributed by atoms with Crippen molar-refractivity contribution in [3.63, 3.8) is 0 Å². The first-order chi connectivity index (χ1) is 19.1. The maximum Gasteiger partial charge on any atom is 0.251 e. The number of carbonyl (C=O) groups excluding carboxylic acids is 1. The van der Waals surface area contributed by atoms with Crippen molar-refractivity contribution in [2.75, 3.05) is 68.6 Å². The van der Waals surface area contributed by atoms with E-state index in [1.807, 2.05) is 30.3 Å². The zero-order chi connectivity index (χ0) is 27.7. The summed E-state index contributed by atoms with van der Waals surface area (Å²) in [4.78, 5) is 25.9. The molecule has 0 aliphatic carbocycles. The van der Waals surface area contributed by atoms with Crippen molar-refractivity contribution in [3.8, 4) is 0 Å². The number of aliphatic hydroxyl groups excluding tert-OH is 1. The summed E-state index contributed by atoms with van der Waals surface area (Å²) in [5, 5.41) is 22.0. The number of benzene rings is 2. The smallest absolute Gasteiger partial charge is 0.251 e. The van der Waals surface area contributed by atoms with Crippen molar-refractivity contribution in [2.24, 2.45) is 5.73 Å².